The molecule has 0 atom stereocenters. The number of nitro groups is 1. The van der Waals surface area contributed by atoms with Crippen LogP contribution in [0.25, 0.3) is 10.8 Å². The van der Waals surface area contributed by atoms with Crippen LogP contribution in [0.15, 0.2) is 53.0 Å². The van der Waals surface area contributed by atoms with Gasteiger partial charge in [0.1, 0.15) is 5.69 Å². The summed E-state index contributed by atoms with van der Waals surface area (Å²) in [4.78, 5) is 37.2. The maximum Gasteiger partial charge on any atom is 0.294 e. The Kier molecular flexibility index (Phi) is 3.92. The van der Waals surface area contributed by atoms with Gasteiger partial charge in [0.25, 0.3) is 17.5 Å². The molecule has 3 aromatic carbocycles. The van der Waals surface area contributed by atoms with Gasteiger partial charge in [0, 0.05) is 39.6 Å². The summed E-state index contributed by atoms with van der Waals surface area (Å²) in [5.41, 5.74) is 1.16. The van der Waals surface area contributed by atoms with Crippen LogP contribution in [0.4, 0.5) is 17.1 Å². The van der Waals surface area contributed by atoms with Gasteiger partial charge < -0.3 is 5.32 Å². The Bertz CT molecular complexity index is 1140. The second-order valence-electron chi connectivity index (χ2n) is 6.10. The second kappa shape index (κ2) is 6.17. The summed E-state index contributed by atoms with van der Waals surface area (Å²) < 4.78 is 0.874. The van der Waals surface area contributed by atoms with E-state index in [1.807, 2.05) is 0 Å². The normalized spacial score (nSPS) is 13.2. The molecule has 0 bridgehead atoms. The molecule has 8 heteroatoms. The quantitative estimate of drug-likeness (QED) is 0.379. The summed E-state index contributed by atoms with van der Waals surface area (Å²) in [6, 6.07) is 13.3. The Morgan fingerprint density at radius 2 is 1.70 bits per heavy atom. The predicted octanol–water partition coefficient (Wildman–Crippen LogP) is 4.48. The summed E-state index contributed by atoms with van der Waals surface area (Å²) in [5.74, 6) is -0.983. The molecular weight excluding hydrogens is 414 g/mol. The van der Waals surface area contributed by atoms with E-state index in [-0.39, 0.29) is 16.9 Å². The molecule has 1 heterocycles. The van der Waals surface area contributed by atoms with E-state index in [4.69, 9.17) is 0 Å². The van der Waals surface area contributed by atoms with Crippen LogP contribution in [0.5, 0.6) is 0 Å². The standard InChI is InChI=1S/C19H12BrN3O4/c1-22-18(24)13-4-2-3-12-16(13)14(19(22)25)9-15(23(26)27)17(12)21-11-7-5-10(20)6-8-11/h2-9,21H,1H3. The number of carbonyl (C=O) groups excluding carboxylic acids is 2. The van der Waals surface area contributed by atoms with Crippen molar-refractivity contribution >= 4 is 55.6 Å². The molecule has 0 fully saturated rings. The zero-order chi connectivity index (χ0) is 19.3. The Morgan fingerprint density at radius 1 is 1.04 bits per heavy atom. The van der Waals surface area contributed by atoms with Crippen molar-refractivity contribution in [3.8, 4) is 0 Å². The van der Waals surface area contributed by atoms with Gasteiger partial charge in [0.15, 0.2) is 0 Å². The molecule has 0 radical (unpaired) electrons. The number of amides is 2. The van der Waals surface area contributed by atoms with E-state index >= 15 is 0 Å². The van der Waals surface area contributed by atoms with Crippen molar-refractivity contribution in [2.24, 2.45) is 0 Å². The van der Waals surface area contributed by atoms with E-state index in [1.54, 1.807) is 42.5 Å². The van der Waals surface area contributed by atoms with Crippen molar-refractivity contribution in [2.75, 3.05) is 12.4 Å². The van der Waals surface area contributed by atoms with Crippen molar-refractivity contribution in [3.63, 3.8) is 0 Å². The SMILES string of the molecule is CN1C(=O)c2cccc3c(Nc4ccc(Br)cc4)c([N+](=O)[O-])cc(c23)C1=O. The molecule has 2 amide bonds. The van der Waals surface area contributed by atoms with Crippen LogP contribution in [-0.2, 0) is 0 Å². The van der Waals surface area contributed by atoms with Gasteiger partial charge in [0.2, 0.25) is 0 Å². The summed E-state index contributed by atoms with van der Waals surface area (Å²) in [6.45, 7) is 0. The highest BCUT2D eigenvalue weighted by molar-refractivity contribution is 9.10. The lowest BCUT2D eigenvalue weighted by Crippen LogP contribution is -2.37. The molecule has 1 aliphatic heterocycles. The number of imide groups is 1. The largest absolute Gasteiger partial charge is 0.349 e. The van der Waals surface area contributed by atoms with E-state index in [1.165, 1.54) is 13.1 Å². The number of halogens is 1. The average molecular weight is 426 g/mol. The minimum Gasteiger partial charge on any atom is -0.349 e. The van der Waals surface area contributed by atoms with E-state index < -0.39 is 16.7 Å². The lowest BCUT2D eigenvalue weighted by Gasteiger charge is -2.24. The van der Waals surface area contributed by atoms with Crippen molar-refractivity contribution in [3.05, 3.63) is 74.2 Å². The van der Waals surface area contributed by atoms with Gasteiger partial charge in [-0.1, -0.05) is 28.1 Å². The Morgan fingerprint density at radius 3 is 2.37 bits per heavy atom. The van der Waals surface area contributed by atoms with Crippen LogP contribution < -0.4 is 5.32 Å². The number of nitrogens with one attached hydrogen (secondary N) is 1. The van der Waals surface area contributed by atoms with Crippen LogP contribution in [0.2, 0.25) is 0 Å². The van der Waals surface area contributed by atoms with Gasteiger partial charge >= 0.3 is 0 Å². The van der Waals surface area contributed by atoms with E-state index in [0.29, 0.717) is 22.0 Å². The third-order valence-electron chi connectivity index (χ3n) is 4.52. The number of rotatable bonds is 3. The minimum atomic E-state index is -0.554. The number of anilines is 2. The number of nitro benzene ring substituents is 1. The van der Waals surface area contributed by atoms with Gasteiger partial charge in [-0.25, -0.2) is 0 Å². The van der Waals surface area contributed by atoms with Crippen LogP contribution in [0.1, 0.15) is 20.7 Å². The van der Waals surface area contributed by atoms with Gasteiger partial charge in [-0.3, -0.25) is 24.6 Å². The van der Waals surface area contributed by atoms with Crippen molar-refractivity contribution in [1.82, 2.24) is 4.90 Å². The second-order valence-corrected chi connectivity index (χ2v) is 7.02. The number of hydrogen-bond donors (Lipinski definition) is 1. The smallest absolute Gasteiger partial charge is 0.294 e. The number of hydrogen-bond acceptors (Lipinski definition) is 5. The van der Waals surface area contributed by atoms with Gasteiger partial charge in [-0.2, -0.15) is 0 Å². The molecule has 4 rings (SSSR count). The third-order valence-corrected chi connectivity index (χ3v) is 5.05. The fraction of sp³-hybridized carbons (Fsp3) is 0.0526. The molecule has 1 aliphatic rings. The Balaban J connectivity index is 2.03. The first kappa shape index (κ1) is 17.2. The lowest BCUT2D eigenvalue weighted by atomic mass is 9.92. The molecule has 27 heavy (non-hydrogen) atoms. The zero-order valence-electron chi connectivity index (χ0n) is 14.0. The zero-order valence-corrected chi connectivity index (χ0v) is 15.6. The van der Waals surface area contributed by atoms with Gasteiger partial charge in [-0.05, 0) is 30.3 Å². The van der Waals surface area contributed by atoms with E-state index in [0.717, 1.165) is 9.37 Å². The van der Waals surface area contributed by atoms with E-state index in [2.05, 4.69) is 21.2 Å². The van der Waals surface area contributed by atoms with Crippen molar-refractivity contribution in [1.29, 1.82) is 0 Å². The lowest BCUT2D eigenvalue weighted by molar-refractivity contribution is -0.383. The number of benzene rings is 3. The monoisotopic (exact) mass is 425 g/mol. The molecule has 1 N–H and O–H groups in total. The van der Waals surface area contributed by atoms with E-state index in [9.17, 15) is 19.7 Å². The molecule has 0 saturated carbocycles. The summed E-state index contributed by atoms with van der Waals surface area (Å²) in [7, 11) is 1.37. The highest BCUT2D eigenvalue weighted by atomic mass is 79.9. The van der Waals surface area contributed by atoms with Crippen molar-refractivity contribution in [2.45, 2.75) is 0 Å². The first-order valence-electron chi connectivity index (χ1n) is 7.97. The van der Waals surface area contributed by atoms with Gasteiger partial charge in [0.05, 0.1) is 10.5 Å². The first-order valence-corrected chi connectivity index (χ1v) is 8.77. The topological polar surface area (TPSA) is 92.6 Å². The molecule has 0 aromatic heterocycles. The summed E-state index contributed by atoms with van der Waals surface area (Å²) in [6.07, 6.45) is 0. The maximum absolute atomic E-state index is 12.6. The van der Waals surface area contributed by atoms with Crippen LogP contribution >= 0.6 is 15.9 Å². The average Bonchev–Trinajstić information content (AvgIpc) is 2.66. The predicted molar refractivity (Wildman–Crippen MR) is 104 cm³/mol. The molecule has 3 aromatic rings. The molecule has 0 saturated heterocycles. The fourth-order valence-corrected chi connectivity index (χ4v) is 3.49. The molecule has 134 valence electrons. The van der Waals surface area contributed by atoms with Crippen LogP contribution in [-0.4, -0.2) is 28.7 Å². The summed E-state index contributed by atoms with van der Waals surface area (Å²) in [5, 5.41) is 15.6. The Hall–Kier alpha value is -3.26. The molecule has 0 aliphatic carbocycles. The van der Waals surface area contributed by atoms with Crippen molar-refractivity contribution < 1.29 is 14.5 Å². The Labute approximate surface area is 161 Å². The molecule has 0 unspecified atom stereocenters. The van der Waals surface area contributed by atoms with Crippen LogP contribution in [0, 0.1) is 10.1 Å². The highest BCUT2D eigenvalue weighted by Crippen LogP contribution is 2.41. The van der Waals surface area contributed by atoms with Crippen LogP contribution in [0.3, 0.4) is 0 Å². The molecule has 0 spiro atoms. The van der Waals surface area contributed by atoms with Gasteiger partial charge in [-0.15, -0.1) is 0 Å². The fourth-order valence-electron chi connectivity index (χ4n) is 3.22. The minimum absolute atomic E-state index is 0.149. The highest BCUT2D eigenvalue weighted by Gasteiger charge is 2.34. The molecular formula is C19H12BrN3O4. The first-order chi connectivity index (χ1) is 12.9. The number of carbonyl (C=O) groups is 2. The molecule has 7 nitrogen and oxygen atoms in total. The maximum atomic E-state index is 12.6. The third kappa shape index (κ3) is 2.65. The number of nitrogens with zero attached hydrogens (tertiary/aromatic N) is 2. The summed E-state index contributed by atoms with van der Waals surface area (Å²) >= 11 is 3.35.